The summed E-state index contributed by atoms with van der Waals surface area (Å²) in [6.07, 6.45) is 1.63. The number of hydrogen-bond donors (Lipinski definition) is 4. The third-order valence-corrected chi connectivity index (χ3v) is 3.48. The lowest BCUT2D eigenvalue weighted by atomic mass is 10.1. The number of hydrogen-bond acceptors (Lipinski definition) is 4. The van der Waals surface area contributed by atoms with E-state index in [2.05, 4.69) is 14.5 Å². The van der Waals surface area contributed by atoms with Gasteiger partial charge in [0.2, 0.25) is 0 Å². The van der Waals surface area contributed by atoms with E-state index in [1.165, 1.54) is 0 Å². The first-order valence-electron chi connectivity index (χ1n) is 6.29. The second-order valence-corrected chi connectivity index (χ2v) is 6.43. The van der Waals surface area contributed by atoms with Gasteiger partial charge in [-0.25, -0.2) is 9.55 Å². The Labute approximate surface area is 122 Å². The minimum absolute atomic E-state index is 0.349. The fraction of sp³-hybridized carbons (Fsp3) is 0.308. The lowest BCUT2D eigenvalue weighted by molar-refractivity contribution is 0.155. The van der Waals surface area contributed by atoms with Crippen LogP contribution in [0.2, 0.25) is 0 Å². The molecule has 114 valence electrons. The molecule has 5 N–H and O–H groups in total. The Bertz CT molecular complexity index is 660. The van der Waals surface area contributed by atoms with E-state index in [1.54, 1.807) is 13.1 Å². The second kappa shape index (κ2) is 5.71. The highest BCUT2D eigenvalue weighted by Crippen LogP contribution is 2.37. The lowest BCUT2D eigenvalue weighted by Gasteiger charge is -2.22. The summed E-state index contributed by atoms with van der Waals surface area (Å²) < 4.78 is 15.2. The Morgan fingerprint density at radius 1 is 1.38 bits per heavy atom. The smallest absolute Gasteiger partial charge is 0.340 e. The third kappa shape index (κ3) is 4.23. The number of imidazole rings is 1. The topological polar surface area (TPSA) is 121 Å². The molecule has 0 amide bonds. The monoisotopic (exact) mass is 311 g/mol. The van der Waals surface area contributed by atoms with Crippen LogP contribution in [0.25, 0.3) is 11.3 Å². The molecule has 0 bridgehead atoms. The first kappa shape index (κ1) is 15.9. The van der Waals surface area contributed by atoms with Gasteiger partial charge in [-0.2, -0.15) is 0 Å². The summed E-state index contributed by atoms with van der Waals surface area (Å²) in [6.45, 7) is 3.23. The number of aromatic nitrogens is 2. The average molecular weight is 311 g/mol. The van der Waals surface area contributed by atoms with Gasteiger partial charge in [0.1, 0.15) is 5.82 Å². The molecule has 0 saturated heterocycles. The van der Waals surface area contributed by atoms with Gasteiger partial charge >= 0.3 is 7.82 Å². The summed E-state index contributed by atoms with van der Waals surface area (Å²) in [6, 6.07) is 7.86. The predicted octanol–water partition coefficient (Wildman–Crippen LogP) is 1.67. The fourth-order valence-electron chi connectivity index (χ4n) is 1.78. The molecule has 0 aliphatic carbocycles. The van der Waals surface area contributed by atoms with Gasteiger partial charge in [-0.1, -0.05) is 29.8 Å². The number of rotatable bonds is 5. The van der Waals surface area contributed by atoms with Gasteiger partial charge in [-0.05, 0) is 19.4 Å². The quantitative estimate of drug-likeness (QED) is 0.623. The fourth-order valence-corrected chi connectivity index (χ4v) is 2.21. The van der Waals surface area contributed by atoms with Crippen LogP contribution < -0.4 is 5.73 Å². The average Bonchev–Trinajstić information content (AvgIpc) is 2.87. The molecule has 8 heteroatoms. The molecule has 0 aliphatic rings. The zero-order valence-corrected chi connectivity index (χ0v) is 12.7. The van der Waals surface area contributed by atoms with E-state index in [4.69, 9.17) is 15.5 Å². The van der Waals surface area contributed by atoms with Gasteiger partial charge in [0.15, 0.2) is 0 Å². The molecule has 2 aromatic rings. The summed E-state index contributed by atoms with van der Waals surface area (Å²) in [4.78, 5) is 24.7. The van der Waals surface area contributed by atoms with E-state index in [0.717, 1.165) is 16.8 Å². The van der Waals surface area contributed by atoms with Gasteiger partial charge in [-0.3, -0.25) is 4.52 Å². The molecule has 0 spiro atoms. The molecular weight excluding hydrogens is 293 g/mol. The highest BCUT2D eigenvalue weighted by molar-refractivity contribution is 7.46. The van der Waals surface area contributed by atoms with Crippen LogP contribution in [0.4, 0.5) is 0 Å². The van der Waals surface area contributed by atoms with Crippen molar-refractivity contribution in [3.05, 3.63) is 41.9 Å². The summed E-state index contributed by atoms with van der Waals surface area (Å²) in [5.74, 6) is 0.395. The zero-order valence-electron chi connectivity index (χ0n) is 11.8. The third-order valence-electron chi connectivity index (χ3n) is 3.01. The summed E-state index contributed by atoms with van der Waals surface area (Å²) in [5, 5.41) is 0. The van der Waals surface area contributed by atoms with Crippen molar-refractivity contribution in [2.75, 3.05) is 6.61 Å². The highest BCUT2D eigenvalue weighted by Gasteiger charge is 2.29. The van der Waals surface area contributed by atoms with Crippen LogP contribution in [-0.2, 0) is 14.6 Å². The number of nitrogens with one attached hydrogen (secondary N) is 1. The Morgan fingerprint density at radius 2 is 2.00 bits per heavy atom. The standard InChI is InChI=1S/C13H18N3O4P/c1-9-3-5-10(6-4-9)11-7-15-12(16-11)13(2,14)8-20-21(17,18)19/h3-7H,8,14H2,1-2H3,(H,15,16)(H2,17,18,19). The largest absolute Gasteiger partial charge is 0.469 e. The van der Waals surface area contributed by atoms with Crippen molar-refractivity contribution in [3.63, 3.8) is 0 Å². The molecule has 1 aromatic carbocycles. The van der Waals surface area contributed by atoms with Crippen molar-refractivity contribution in [1.29, 1.82) is 0 Å². The molecule has 0 saturated carbocycles. The van der Waals surface area contributed by atoms with Crippen LogP contribution in [0, 0.1) is 6.92 Å². The van der Waals surface area contributed by atoms with Crippen molar-refractivity contribution < 1.29 is 18.9 Å². The number of phosphoric ester groups is 1. The first-order valence-corrected chi connectivity index (χ1v) is 7.82. The number of nitrogens with two attached hydrogens (primary N) is 1. The van der Waals surface area contributed by atoms with Gasteiger partial charge < -0.3 is 20.5 Å². The molecule has 7 nitrogen and oxygen atoms in total. The van der Waals surface area contributed by atoms with Gasteiger partial charge in [0.25, 0.3) is 0 Å². The minimum atomic E-state index is -4.56. The van der Waals surface area contributed by atoms with E-state index in [-0.39, 0.29) is 6.61 Å². The second-order valence-electron chi connectivity index (χ2n) is 5.19. The maximum absolute atomic E-state index is 10.8. The van der Waals surface area contributed by atoms with Crippen LogP contribution in [0.1, 0.15) is 18.3 Å². The summed E-state index contributed by atoms with van der Waals surface area (Å²) in [7, 11) is -4.56. The van der Waals surface area contributed by atoms with Crippen molar-refractivity contribution in [3.8, 4) is 11.3 Å². The van der Waals surface area contributed by atoms with Crippen LogP contribution >= 0.6 is 7.82 Å². The normalized spacial score (nSPS) is 14.9. The predicted molar refractivity (Wildman–Crippen MR) is 78.3 cm³/mol. The molecule has 0 fully saturated rings. The summed E-state index contributed by atoms with van der Waals surface area (Å²) in [5.41, 5.74) is 7.74. The van der Waals surface area contributed by atoms with Crippen LogP contribution in [0.15, 0.2) is 30.5 Å². The van der Waals surface area contributed by atoms with E-state index < -0.39 is 13.4 Å². The Morgan fingerprint density at radius 3 is 2.57 bits per heavy atom. The van der Waals surface area contributed by atoms with Crippen molar-refractivity contribution in [1.82, 2.24) is 9.97 Å². The number of benzene rings is 1. The van der Waals surface area contributed by atoms with Crippen LogP contribution in [0.3, 0.4) is 0 Å². The van der Waals surface area contributed by atoms with Gasteiger partial charge in [0.05, 0.1) is 24.0 Å². The molecule has 0 aliphatic heterocycles. The van der Waals surface area contributed by atoms with E-state index in [0.29, 0.717) is 5.82 Å². The SMILES string of the molecule is Cc1ccc(-c2cnc(C(C)(N)COP(=O)(O)O)[nH]2)cc1. The molecule has 2 rings (SSSR count). The number of aromatic amines is 1. The first-order chi connectivity index (χ1) is 9.67. The van der Waals surface area contributed by atoms with Gasteiger partial charge in [-0.15, -0.1) is 0 Å². The van der Waals surface area contributed by atoms with E-state index in [9.17, 15) is 4.57 Å². The van der Waals surface area contributed by atoms with Crippen LogP contribution in [-0.4, -0.2) is 26.4 Å². The molecule has 0 radical (unpaired) electrons. The van der Waals surface area contributed by atoms with Gasteiger partial charge in [0, 0.05) is 0 Å². The summed E-state index contributed by atoms with van der Waals surface area (Å²) >= 11 is 0. The number of H-pyrrole nitrogens is 1. The van der Waals surface area contributed by atoms with Crippen LogP contribution in [0.5, 0.6) is 0 Å². The zero-order chi connectivity index (χ0) is 15.7. The Kier molecular flexibility index (Phi) is 4.32. The minimum Gasteiger partial charge on any atom is -0.340 e. The Hall–Kier alpha value is -1.50. The molecule has 1 aromatic heterocycles. The molecule has 1 unspecified atom stereocenters. The highest BCUT2D eigenvalue weighted by atomic mass is 31.2. The van der Waals surface area contributed by atoms with E-state index >= 15 is 0 Å². The van der Waals surface area contributed by atoms with Crippen molar-refractivity contribution in [2.45, 2.75) is 19.4 Å². The molecule has 1 atom stereocenters. The molecule has 1 heterocycles. The lowest BCUT2D eigenvalue weighted by Crippen LogP contribution is -2.39. The van der Waals surface area contributed by atoms with E-state index in [1.807, 2.05) is 31.2 Å². The number of phosphoric acid groups is 1. The maximum Gasteiger partial charge on any atom is 0.469 e. The molecular formula is C13H18N3O4P. The maximum atomic E-state index is 10.8. The Balaban J connectivity index is 2.18. The van der Waals surface area contributed by atoms with Crippen molar-refractivity contribution in [2.24, 2.45) is 5.73 Å². The molecule has 21 heavy (non-hydrogen) atoms. The van der Waals surface area contributed by atoms with Crippen molar-refractivity contribution >= 4 is 7.82 Å². The number of nitrogens with zero attached hydrogens (tertiary/aromatic N) is 1. The number of aryl methyl sites for hydroxylation is 1.